The first-order chi connectivity index (χ1) is 7.59. The molecule has 0 aliphatic carbocycles. The van der Waals surface area contributed by atoms with Crippen molar-refractivity contribution in [2.75, 3.05) is 13.2 Å². The van der Waals surface area contributed by atoms with Crippen LogP contribution in [0.15, 0.2) is 18.2 Å². The fourth-order valence-electron chi connectivity index (χ4n) is 1.17. The average Bonchev–Trinajstić information content (AvgIpc) is 2.20. The monoisotopic (exact) mass is 262 g/mol. The van der Waals surface area contributed by atoms with Crippen molar-refractivity contribution in [2.45, 2.75) is 12.8 Å². The molecule has 0 saturated carbocycles. The molecule has 0 fully saturated rings. The summed E-state index contributed by atoms with van der Waals surface area (Å²) >= 11 is 11.7. The first-order valence-corrected chi connectivity index (χ1v) is 5.58. The summed E-state index contributed by atoms with van der Waals surface area (Å²) in [5.74, 6) is -0.857. The van der Waals surface area contributed by atoms with Gasteiger partial charge >= 0.3 is 5.97 Å². The topological polar surface area (TPSA) is 46.5 Å². The van der Waals surface area contributed by atoms with Gasteiger partial charge in [0, 0.05) is 10.0 Å². The Morgan fingerprint density at radius 1 is 1.31 bits per heavy atom. The summed E-state index contributed by atoms with van der Waals surface area (Å²) in [5, 5.41) is 9.59. The largest absolute Gasteiger partial charge is 0.481 e. The molecular weight excluding hydrogens is 251 g/mol. The van der Waals surface area contributed by atoms with E-state index in [0.29, 0.717) is 23.1 Å². The third kappa shape index (κ3) is 4.84. The normalized spacial score (nSPS) is 10.4. The zero-order chi connectivity index (χ0) is 12.0. The standard InChI is InChI=1S/C11H12Cl2O3/c12-9-2-1-8(10(13)7-9)3-5-16-6-4-11(14)15/h1-2,7H,3-6H2,(H,14,15). The Labute approximate surface area is 104 Å². The maximum atomic E-state index is 10.2. The Bertz CT molecular complexity index is 366. The molecule has 5 heteroatoms. The van der Waals surface area contributed by atoms with Crippen LogP contribution < -0.4 is 0 Å². The Morgan fingerprint density at radius 2 is 2.06 bits per heavy atom. The molecule has 0 spiro atoms. The molecule has 1 N–H and O–H groups in total. The highest BCUT2D eigenvalue weighted by atomic mass is 35.5. The van der Waals surface area contributed by atoms with Gasteiger partial charge in [0.05, 0.1) is 19.6 Å². The fourth-order valence-corrected chi connectivity index (χ4v) is 1.67. The van der Waals surface area contributed by atoms with Gasteiger partial charge in [-0.3, -0.25) is 4.79 Å². The molecule has 0 atom stereocenters. The highest BCUT2D eigenvalue weighted by molar-refractivity contribution is 6.35. The molecular formula is C11H12Cl2O3. The van der Waals surface area contributed by atoms with Gasteiger partial charge in [-0.25, -0.2) is 0 Å². The van der Waals surface area contributed by atoms with Crippen molar-refractivity contribution in [1.29, 1.82) is 0 Å². The zero-order valence-electron chi connectivity index (χ0n) is 8.58. The highest BCUT2D eigenvalue weighted by Crippen LogP contribution is 2.21. The number of benzene rings is 1. The Balaban J connectivity index is 2.29. The van der Waals surface area contributed by atoms with Crippen LogP contribution in [0.1, 0.15) is 12.0 Å². The quantitative estimate of drug-likeness (QED) is 0.802. The molecule has 0 bridgehead atoms. The van der Waals surface area contributed by atoms with E-state index in [1.807, 2.05) is 6.07 Å². The number of hydrogen-bond acceptors (Lipinski definition) is 2. The molecule has 3 nitrogen and oxygen atoms in total. The van der Waals surface area contributed by atoms with E-state index < -0.39 is 5.97 Å². The molecule has 0 amide bonds. The van der Waals surface area contributed by atoms with Crippen LogP contribution in [0.5, 0.6) is 0 Å². The van der Waals surface area contributed by atoms with Crippen LogP contribution >= 0.6 is 23.2 Å². The van der Waals surface area contributed by atoms with Crippen LogP contribution in [0.4, 0.5) is 0 Å². The smallest absolute Gasteiger partial charge is 0.305 e. The maximum Gasteiger partial charge on any atom is 0.305 e. The number of carbonyl (C=O) groups is 1. The molecule has 0 aliphatic rings. The number of hydrogen-bond donors (Lipinski definition) is 1. The summed E-state index contributed by atoms with van der Waals surface area (Å²) in [6, 6.07) is 5.28. The van der Waals surface area contributed by atoms with E-state index in [4.69, 9.17) is 33.0 Å². The highest BCUT2D eigenvalue weighted by Gasteiger charge is 2.02. The first kappa shape index (κ1) is 13.3. The number of ether oxygens (including phenoxy) is 1. The van der Waals surface area contributed by atoms with E-state index in [0.717, 1.165) is 5.56 Å². The van der Waals surface area contributed by atoms with Crippen molar-refractivity contribution in [3.05, 3.63) is 33.8 Å². The van der Waals surface area contributed by atoms with Crippen molar-refractivity contribution in [3.8, 4) is 0 Å². The van der Waals surface area contributed by atoms with Crippen molar-refractivity contribution >= 4 is 29.2 Å². The predicted octanol–water partition coefficient (Wildman–Crippen LogP) is 3.03. The summed E-state index contributed by atoms with van der Waals surface area (Å²) in [6.07, 6.45) is 0.671. The minimum absolute atomic E-state index is 0.0222. The lowest BCUT2D eigenvalue weighted by Gasteiger charge is -2.05. The maximum absolute atomic E-state index is 10.2. The molecule has 1 rings (SSSR count). The van der Waals surface area contributed by atoms with Gasteiger partial charge in [-0.15, -0.1) is 0 Å². The molecule has 1 aromatic carbocycles. The van der Waals surface area contributed by atoms with Crippen molar-refractivity contribution < 1.29 is 14.6 Å². The minimum atomic E-state index is -0.857. The lowest BCUT2D eigenvalue weighted by Crippen LogP contribution is -2.05. The van der Waals surface area contributed by atoms with E-state index in [1.165, 1.54) is 0 Å². The minimum Gasteiger partial charge on any atom is -0.481 e. The van der Waals surface area contributed by atoms with Crippen LogP contribution in [-0.2, 0) is 16.0 Å². The fraction of sp³-hybridized carbons (Fsp3) is 0.364. The van der Waals surface area contributed by atoms with Gasteiger partial charge in [0.25, 0.3) is 0 Å². The predicted molar refractivity (Wildman–Crippen MR) is 63.2 cm³/mol. The van der Waals surface area contributed by atoms with Crippen molar-refractivity contribution in [3.63, 3.8) is 0 Å². The summed E-state index contributed by atoms with van der Waals surface area (Å²) in [6.45, 7) is 0.676. The summed E-state index contributed by atoms with van der Waals surface area (Å²) < 4.78 is 5.16. The van der Waals surface area contributed by atoms with Gasteiger partial charge in [0.2, 0.25) is 0 Å². The summed E-state index contributed by atoms with van der Waals surface area (Å²) in [7, 11) is 0. The van der Waals surface area contributed by atoms with Crippen molar-refractivity contribution in [2.24, 2.45) is 0 Å². The second-order valence-corrected chi connectivity index (χ2v) is 4.09. The molecule has 0 radical (unpaired) electrons. The van der Waals surface area contributed by atoms with Gasteiger partial charge in [-0.2, -0.15) is 0 Å². The molecule has 88 valence electrons. The van der Waals surface area contributed by atoms with Gasteiger partial charge in [0.15, 0.2) is 0 Å². The summed E-state index contributed by atoms with van der Waals surface area (Å²) in [4.78, 5) is 10.2. The van der Waals surface area contributed by atoms with Crippen LogP contribution in [0.25, 0.3) is 0 Å². The first-order valence-electron chi connectivity index (χ1n) is 4.83. The second kappa shape index (κ2) is 6.74. The number of rotatable bonds is 6. The Hall–Kier alpha value is -0.770. The molecule has 16 heavy (non-hydrogen) atoms. The molecule has 0 heterocycles. The lowest BCUT2D eigenvalue weighted by atomic mass is 10.2. The third-order valence-electron chi connectivity index (χ3n) is 1.99. The molecule has 0 aliphatic heterocycles. The van der Waals surface area contributed by atoms with Gasteiger partial charge in [0.1, 0.15) is 0 Å². The molecule has 0 saturated heterocycles. The second-order valence-electron chi connectivity index (χ2n) is 3.24. The number of carboxylic acids is 1. The average molecular weight is 263 g/mol. The van der Waals surface area contributed by atoms with E-state index in [2.05, 4.69) is 0 Å². The van der Waals surface area contributed by atoms with Gasteiger partial charge < -0.3 is 9.84 Å². The zero-order valence-corrected chi connectivity index (χ0v) is 10.1. The number of halogens is 2. The van der Waals surface area contributed by atoms with Crippen LogP contribution in [0.3, 0.4) is 0 Å². The van der Waals surface area contributed by atoms with E-state index in [9.17, 15) is 4.79 Å². The van der Waals surface area contributed by atoms with Crippen LogP contribution in [0.2, 0.25) is 10.0 Å². The number of carboxylic acid groups (broad SMARTS) is 1. The third-order valence-corrected chi connectivity index (χ3v) is 2.58. The van der Waals surface area contributed by atoms with E-state index in [-0.39, 0.29) is 13.0 Å². The Morgan fingerprint density at radius 3 is 2.69 bits per heavy atom. The van der Waals surface area contributed by atoms with Gasteiger partial charge in [-0.1, -0.05) is 29.3 Å². The van der Waals surface area contributed by atoms with Crippen molar-refractivity contribution in [1.82, 2.24) is 0 Å². The molecule has 0 unspecified atom stereocenters. The lowest BCUT2D eigenvalue weighted by molar-refractivity contribution is -0.138. The SMILES string of the molecule is O=C(O)CCOCCc1ccc(Cl)cc1Cl. The summed E-state index contributed by atoms with van der Waals surface area (Å²) in [5.41, 5.74) is 0.946. The molecule has 1 aromatic rings. The van der Waals surface area contributed by atoms with Gasteiger partial charge in [-0.05, 0) is 24.1 Å². The van der Waals surface area contributed by atoms with Crippen LogP contribution in [0, 0.1) is 0 Å². The Kier molecular flexibility index (Phi) is 5.60. The van der Waals surface area contributed by atoms with E-state index in [1.54, 1.807) is 12.1 Å². The van der Waals surface area contributed by atoms with Crippen LogP contribution in [-0.4, -0.2) is 24.3 Å². The van der Waals surface area contributed by atoms with E-state index >= 15 is 0 Å². The molecule has 0 aromatic heterocycles. The number of aliphatic carboxylic acids is 1.